The van der Waals surface area contributed by atoms with Gasteiger partial charge in [-0.3, -0.25) is 14.9 Å². The average Bonchev–Trinajstić information content (AvgIpc) is 3.02. The van der Waals surface area contributed by atoms with E-state index in [9.17, 15) is 9.59 Å². The van der Waals surface area contributed by atoms with Gasteiger partial charge in [0.2, 0.25) is 11.8 Å². The Balaban J connectivity index is 1.80. The topological polar surface area (TPSA) is 71.3 Å². The fraction of sp³-hybridized carbons (Fsp3) is 0.333. The molecule has 1 aromatic carbocycles. The number of rotatable bonds is 1. The molecule has 0 saturated carbocycles. The van der Waals surface area contributed by atoms with Gasteiger partial charge in [0.15, 0.2) is 0 Å². The molecule has 5 nitrogen and oxygen atoms in total. The molecule has 0 bridgehead atoms. The molecule has 2 aliphatic rings. The van der Waals surface area contributed by atoms with Crippen molar-refractivity contribution in [2.45, 2.75) is 31.8 Å². The standard InChI is InChI=1S/C15H14N2O3/c18-14-2-1-10(15(19)17-14)12-7-20-13-4-9-6-16-5-8(9)3-11(12)13/h3-4,7,10,16H,1-2,5-6H2,(H,17,18,19). The lowest BCUT2D eigenvalue weighted by atomic mass is 9.89. The zero-order valence-electron chi connectivity index (χ0n) is 10.9. The van der Waals surface area contributed by atoms with E-state index in [1.165, 1.54) is 11.1 Å². The lowest BCUT2D eigenvalue weighted by molar-refractivity contribution is -0.134. The third-order valence-corrected chi connectivity index (χ3v) is 4.17. The summed E-state index contributed by atoms with van der Waals surface area (Å²) in [5.41, 5.74) is 4.21. The van der Waals surface area contributed by atoms with E-state index >= 15 is 0 Å². The summed E-state index contributed by atoms with van der Waals surface area (Å²) in [4.78, 5) is 23.2. The maximum Gasteiger partial charge on any atom is 0.234 e. The Kier molecular flexibility index (Phi) is 2.44. The third-order valence-electron chi connectivity index (χ3n) is 4.17. The van der Waals surface area contributed by atoms with Crippen LogP contribution in [0.5, 0.6) is 0 Å². The summed E-state index contributed by atoms with van der Waals surface area (Å²) in [6.45, 7) is 1.71. The second-order valence-corrected chi connectivity index (χ2v) is 5.42. The van der Waals surface area contributed by atoms with Crippen LogP contribution in [0, 0.1) is 0 Å². The molecular weight excluding hydrogens is 256 g/mol. The van der Waals surface area contributed by atoms with Gasteiger partial charge in [-0.15, -0.1) is 0 Å². The molecule has 2 amide bonds. The molecule has 0 radical (unpaired) electrons. The van der Waals surface area contributed by atoms with Crippen molar-refractivity contribution in [2.75, 3.05) is 0 Å². The highest BCUT2D eigenvalue weighted by Crippen LogP contribution is 2.34. The summed E-state index contributed by atoms with van der Waals surface area (Å²) >= 11 is 0. The number of piperidine rings is 1. The van der Waals surface area contributed by atoms with Gasteiger partial charge in [0.05, 0.1) is 12.2 Å². The third kappa shape index (κ3) is 1.67. The Hall–Kier alpha value is -2.14. The zero-order valence-corrected chi connectivity index (χ0v) is 10.9. The summed E-state index contributed by atoms with van der Waals surface area (Å²) in [6.07, 6.45) is 2.59. The highest BCUT2D eigenvalue weighted by atomic mass is 16.3. The van der Waals surface area contributed by atoms with Gasteiger partial charge in [0.25, 0.3) is 0 Å². The van der Waals surface area contributed by atoms with Crippen molar-refractivity contribution in [1.29, 1.82) is 0 Å². The van der Waals surface area contributed by atoms with Crippen LogP contribution in [-0.2, 0) is 22.7 Å². The van der Waals surface area contributed by atoms with Gasteiger partial charge in [0.1, 0.15) is 5.58 Å². The molecule has 0 spiro atoms. The maximum atomic E-state index is 12.0. The molecule has 1 unspecified atom stereocenters. The van der Waals surface area contributed by atoms with Crippen LogP contribution in [0.15, 0.2) is 22.8 Å². The Labute approximate surface area is 115 Å². The summed E-state index contributed by atoms with van der Waals surface area (Å²) < 4.78 is 5.61. The van der Waals surface area contributed by atoms with E-state index in [0.717, 1.165) is 29.6 Å². The van der Waals surface area contributed by atoms with Crippen molar-refractivity contribution < 1.29 is 14.0 Å². The number of hydrogen-bond acceptors (Lipinski definition) is 4. The van der Waals surface area contributed by atoms with Crippen molar-refractivity contribution in [2.24, 2.45) is 0 Å². The summed E-state index contributed by atoms with van der Waals surface area (Å²) in [5, 5.41) is 6.69. The summed E-state index contributed by atoms with van der Waals surface area (Å²) in [7, 11) is 0. The van der Waals surface area contributed by atoms with E-state index in [-0.39, 0.29) is 17.7 Å². The van der Waals surface area contributed by atoms with Crippen molar-refractivity contribution >= 4 is 22.8 Å². The van der Waals surface area contributed by atoms with Crippen LogP contribution in [0.2, 0.25) is 0 Å². The minimum atomic E-state index is -0.290. The normalized spacial score (nSPS) is 22.1. The van der Waals surface area contributed by atoms with Gasteiger partial charge in [-0.1, -0.05) is 0 Å². The molecule has 1 saturated heterocycles. The number of benzene rings is 1. The van der Waals surface area contributed by atoms with Gasteiger partial charge >= 0.3 is 0 Å². The van der Waals surface area contributed by atoms with E-state index in [1.807, 2.05) is 6.07 Å². The number of hydrogen-bond donors (Lipinski definition) is 2. The molecule has 0 aliphatic carbocycles. The Morgan fingerprint density at radius 1 is 1.15 bits per heavy atom. The molecule has 1 fully saturated rings. The van der Waals surface area contributed by atoms with Crippen LogP contribution in [0.4, 0.5) is 0 Å². The van der Waals surface area contributed by atoms with Crippen LogP contribution in [0.1, 0.15) is 35.4 Å². The lowest BCUT2D eigenvalue weighted by Gasteiger charge is -2.19. The van der Waals surface area contributed by atoms with Crippen LogP contribution < -0.4 is 10.6 Å². The predicted octanol–water partition coefficient (Wildman–Crippen LogP) is 1.56. The van der Waals surface area contributed by atoms with E-state index in [0.29, 0.717) is 12.8 Å². The fourth-order valence-corrected chi connectivity index (χ4v) is 3.10. The number of nitrogens with one attached hydrogen (secondary N) is 2. The number of furan rings is 1. The van der Waals surface area contributed by atoms with E-state index < -0.39 is 0 Å². The van der Waals surface area contributed by atoms with Crippen molar-refractivity contribution in [1.82, 2.24) is 10.6 Å². The van der Waals surface area contributed by atoms with Crippen LogP contribution in [0.25, 0.3) is 11.0 Å². The fourth-order valence-electron chi connectivity index (χ4n) is 3.10. The van der Waals surface area contributed by atoms with Gasteiger partial charge in [0, 0.05) is 30.5 Å². The van der Waals surface area contributed by atoms with Crippen LogP contribution in [0.3, 0.4) is 0 Å². The minimum Gasteiger partial charge on any atom is -0.464 e. The molecule has 102 valence electrons. The first-order chi connectivity index (χ1) is 9.72. The molecule has 3 heterocycles. The van der Waals surface area contributed by atoms with Gasteiger partial charge < -0.3 is 9.73 Å². The zero-order chi connectivity index (χ0) is 13.7. The Bertz CT molecular complexity index is 732. The highest BCUT2D eigenvalue weighted by Gasteiger charge is 2.30. The number of carbonyl (C=O) groups is 2. The van der Waals surface area contributed by atoms with Crippen LogP contribution >= 0.6 is 0 Å². The maximum absolute atomic E-state index is 12.0. The minimum absolute atomic E-state index is 0.191. The van der Waals surface area contributed by atoms with E-state index in [4.69, 9.17) is 4.42 Å². The second kappa shape index (κ2) is 4.18. The molecule has 5 heteroatoms. The Morgan fingerprint density at radius 2 is 1.95 bits per heavy atom. The molecule has 2 aromatic rings. The number of fused-ring (bicyclic) bond motifs is 2. The van der Waals surface area contributed by atoms with Gasteiger partial charge in [-0.2, -0.15) is 0 Å². The van der Waals surface area contributed by atoms with Crippen molar-refractivity contribution in [3.05, 3.63) is 35.1 Å². The highest BCUT2D eigenvalue weighted by molar-refractivity contribution is 6.02. The molecule has 1 atom stereocenters. The van der Waals surface area contributed by atoms with E-state index in [2.05, 4.69) is 16.7 Å². The molecular formula is C15H14N2O3. The van der Waals surface area contributed by atoms with Crippen molar-refractivity contribution in [3.8, 4) is 0 Å². The van der Waals surface area contributed by atoms with Gasteiger partial charge in [-0.05, 0) is 29.7 Å². The molecule has 2 N–H and O–H groups in total. The van der Waals surface area contributed by atoms with Crippen LogP contribution in [-0.4, -0.2) is 11.8 Å². The number of amides is 2. The predicted molar refractivity (Wildman–Crippen MR) is 71.9 cm³/mol. The molecule has 4 rings (SSSR count). The first-order valence-corrected chi connectivity index (χ1v) is 6.79. The second-order valence-electron chi connectivity index (χ2n) is 5.42. The summed E-state index contributed by atoms with van der Waals surface area (Å²) in [5.74, 6) is -0.701. The molecule has 2 aliphatic heterocycles. The Morgan fingerprint density at radius 3 is 2.75 bits per heavy atom. The average molecular weight is 270 g/mol. The SMILES string of the molecule is O=C1CCC(c2coc3cc4c(cc23)CNC4)C(=O)N1. The first kappa shape index (κ1) is 11.7. The van der Waals surface area contributed by atoms with Crippen molar-refractivity contribution in [3.63, 3.8) is 0 Å². The largest absolute Gasteiger partial charge is 0.464 e. The lowest BCUT2D eigenvalue weighted by Crippen LogP contribution is -2.39. The van der Waals surface area contributed by atoms with E-state index in [1.54, 1.807) is 6.26 Å². The van der Waals surface area contributed by atoms with Gasteiger partial charge in [-0.25, -0.2) is 0 Å². The first-order valence-electron chi connectivity index (χ1n) is 6.79. The summed E-state index contributed by atoms with van der Waals surface area (Å²) in [6, 6.07) is 4.15. The number of imide groups is 1. The number of carbonyl (C=O) groups excluding carboxylic acids is 2. The smallest absolute Gasteiger partial charge is 0.234 e. The monoisotopic (exact) mass is 270 g/mol. The molecule has 20 heavy (non-hydrogen) atoms. The quantitative estimate of drug-likeness (QED) is 0.771. The molecule has 1 aromatic heterocycles.